The Labute approximate surface area is 98.4 Å². The maximum Gasteiger partial charge on any atom is 0.417 e. The van der Waals surface area contributed by atoms with Crippen LogP contribution in [0.25, 0.3) is 0 Å². The molecule has 5 nitrogen and oxygen atoms in total. The third kappa shape index (κ3) is 2.36. The molecule has 0 aliphatic heterocycles. The van der Waals surface area contributed by atoms with Gasteiger partial charge in [0.15, 0.2) is 12.1 Å². The molecule has 0 saturated heterocycles. The Balaban J connectivity index is 3.75. The Kier molecular flexibility index (Phi) is 3.49. The number of hydrogen-bond donors (Lipinski definition) is 0. The molecule has 1 aromatic rings. The lowest BCUT2D eigenvalue weighted by Crippen LogP contribution is -2.13. The fourth-order valence-electron chi connectivity index (χ4n) is 1.46. The van der Waals surface area contributed by atoms with Crippen molar-refractivity contribution < 1.29 is 27.7 Å². The van der Waals surface area contributed by atoms with Crippen LogP contribution in [0.15, 0.2) is 12.1 Å². The molecule has 0 bridgehead atoms. The number of nitrogens with zero attached hydrogens (tertiary/aromatic N) is 1. The van der Waals surface area contributed by atoms with E-state index in [9.17, 15) is 32.9 Å². The summed E-state index contributed by atoms with van der Waals surface area (Å²) in [7, 11) is 0. The predicted molar refractivity (Wildman–Crippen MR) is 53.5 cm³/mol. The number of nitro groups is 1. The van der Waals surface area contributed by atoms with E-state index < -0.39 is 39.3 Å². The SMILES string of the molecule is CC(=O)c1ccc(C(F)(F)F)c(C=O)c1[N+](=O)[O-]. The highest BCUT2D eigenvalue weighted by atomic mass is 19.4. The highest BCUT2D eigenvalue weighted by molar-refractivity contribution is 6.02. The fourth-order valence-corrected chi connectivity index (χ4v) is 1.46. The molecule has 0 fully saturated rings. The first-order valence-corrected chi connectivity index (χ1v) is 4.54. The van der Waals surface area contributed by atoms with Crippen LogP contribution in [0.2, 0.25) is 0 Å². The first-order chi connectivity index (χ1) is 8.20. The third-order valence-electron chi connectivity index (χ3n) is 2.20. The fraction of sp³-hybridized carbons (Fsp3) is 0.200. The molecular formula is C10H6F3NO4. The quantitative estimate of drug-likeness (QED) is 0.362. The van der Waals surface area contributed by atoms with Crippen molar-refractivity contribution in [2.24, 2.45) is 0 Å². The van der Waals surface area contributed by atoms with E-state index in [2.05, 4.69) is 0 Å². The lowest BCUT2D eigenvalue weighted by Gasteiger charge is -2.10. The third-order valence-corrected chi connectivity index (χ3v) is 2.20. The second-order valence-electron chi connectivity index (χ2n) is 3.35. The van der Waals surface area contributed by atoms with Crippen LogP contribution in [0.3, 0.4) is 0 Å². The zero-order chi connectivity index (χ0) is 14.1. The average Bonchev–Trinajstić information content (AvgIpc) is 2.25. The monoisotopic (exact) mass is 261 g/mol. The molecule has 0 atom stereocenters. The number of halogens is 3. The summed E-state index contributed by atoms with van der Waals surface area (Å²) >= 11 is 0. The van der Waals surface area contributed by atoms with Crippen molar-refractivity contribution in [2.45, 2.75) is 13.1 Å². The van der Waals surface area contributed by atoms with E-state index in [0.717, 1.165) is 6.92 Å². The molecule has 0 saturated carbocycles. The largest absolute Gasteiger partial charge is 0.417 e. The topological polar surface area (TPSA) is 77.3 Å². The van der Waals surface area contributed by atoms with Gasteiger partial charge in [-0.1, -0.05) is 0 Å². The van der Waals surface area contributed by atoms with Crippen LogP contribution < -0.4 is 0 Å². The van der Waals surface area contributed by atoms with Crippen molar-refractivity contribution in [3.05, 3.63) is 38.9 Å². The van der Waals surface area contributed by atoms with Crippen LogP contribution in [0.5, 0.6) is 0 Å². The lowest BCUT2D eigenvalue weighted by molar-refractivity contribution is -0.385. The van der Waals surface area contributed by atoms with Crippen LogP contribution in [-0.4, -0.2) is 17.0 Å². The highest BCUT2D eigenvalue weighted by Gasteiger charge is 2.38. The number of rotatable bonds is 3. The molecule has 96 valence electrons. The van der Waals surface area contributed by atoms with Gasteiger partial charge in [-0.25, -0.2) is 0 Å². The Morgan fingerprint density at radius 1 is 1.39 bits per heavy atom. The maximum absolute atomic E-state index is 12.5. The molecule has 1 rings (SSSR count). The number of aldehydes is 1. The summed E-state index contributed by atoms with van der Waals surface area (Å²) in [5.74, 6) is -0.793. The molecule has 18 heavy (non-hydrogen) atoms. The zero-order valence-electron chi connectivity index (χ0n) is 8.95. The van der Waals surface area contributed by atoms with Crippen molar-refractivity contribution in [3.63, 3.8) is 0 Å². The normalized spacial score (nSPS) is 11.1. The van der Waals surface area contributed by atoms with E-state index in [1.54, 1.807) is 0 Å². The van der Waals surface area contributed by atoms with E-state index in [0.29, 0.717) is 12.1 Å². The first-order valence-electron chi connectivity index (χ1n) is 4.54. The Bertz CT molecular complexity index is 537. The van der Waals surface area contributed by atoms with E-state index in [1.165, 1.54) is 0 Å². The van der Waals surface area contributed by atoms with Gasteiger partial charge in [-0.3, -0.25) is 19.7 Å². The summed E-state index contributed by atoms with van der Waals surface area (Å²) in [4.78, 5) is 31.3. The van der Waals surface area contributed by atoms with Gasteiger partial charge in [0.25, 0.3) is 5.69 Å². The smallest absolute Gasteiger partial charge is 0.298 e. The van der Waals surface area contributed by atoms with Crippen molar-refractivity contribution in [1.82, 2.24) is 0 Å². The predicted octanol–water partition coefficient (Wildman–Crippen LogP) is 2.63. The van der Waals surface area contributed by atoms with Gasteiger partial charge in [-0.2, -0.15) is 13.2 Å². The summed E-state index contributed by atoms with van der Waals surface area (Å²) in [5, 5.41) is 10.7. The molecule has 0 spiro atoms. The molecule has 0 N–H and O–H groups in total. The minimum absolute atomic E-state index is 0.270. The average molecular weight is 261 g/mol. The molecule has 0 amide bonds. The molecular weight excluding hydrogens is 255 g/mol. The maximum atomic E-state index is 12.5. The van der Waals surface area contributed by atoms with E-state index in [-0.39, 0.29) is 6.29 Å². The van der Waals surface area contributed by atoms with Crippen LogP contribution >= 0.6 is 0 Å². The number of alkyl halides is 3. The summed E-state index contributed by atoms with van der Waals surface area (Å²) in [5.41, 5.74) is -4.23. The van der Waals surface area contributed by atoms with Gasteiger partial charge in [0.1, 0.15) is 5.56 Å². The van der Waals surface area contributed by atoms with Crippen LogP contribution in [0.1, 0.15) is 33.2 Å². The van der Waals surface area contributed by atoms with Crippen molar-refractivity contribution in [3.8, 4) is 0 Å². The highest BCUT2D eigenvalue weighted by Crippen LogP contribution is 2.36. The Morgan fingerprint density at radius 2 is 1.94 bits per heavy atom. The summed E-state index contributed by atoms with van der Waals surface area (Å²) in [6, 6.07) is 1.17. The molecule has 0 aromatic heterocycles. The van der Waals surface area contributed by atoms with Crippen LogP contribution in [0.4, 0.5) is 18.9 Å². The number of nitro benzene ring substituents is 1. The van der Waals surface area contributed by atoms with Gasteiger partial charge in [-0.05, 0) is 19.1 Å². The van der Waals surface area contributed by atoms with Gasteiger partial charge in [0.2, 0.25) is 0 Å². The number of ketones is 1. The second-order valence-corrected chi connectivity index (χ2v) is 3.35. The molecule has 0 aliphatic rings. The van der Waals surface area contributed by atoms with Crippen molar-refractivity contribution in [1.29, 1.82) is 0 Å². The standard InChI is InChI=1S/C10H6F3NO4/c1-5(16)6-2-3-8(10(11,12)13)7(4-15)9(6)14(17)18/h2-4H,1H3. The zero-order valence-corrected chi connectivity index (χ0v) is 8.95. The van der Waals surface area contributed by atoms with E-state index >= 15 is 0 Å². The molecule has 0 aliphatic carbocycles. The van der Waals surface area contributed by atoms with Gasteiger partial charge < -0.3 is 0 Å². The summed E-state index contributed by atoms with van der Waals surface area (Å²) in [6.45, 7) is 0.962. The lowest BCUT2D eigenvalue weighted by atomic mass is 9.99. The number of carbonyl (C=O) groups is 2. The van der Waals surface area contributed by atoms with Gasteiger partial charge >= 0.3 is 6.18 Å². The molecule has 1 aromatic carbocycles. The molecule has 0 heterocycles. The number of carbonyl (C=O) groups excluding carboxylic acids is 2. The van der Waals surface area contributed by atoms with Gasteiger partial charge in [0, 0.05) is 0 Å². The first kappa shape index (κ1) is 13.8. The number of hydrogen-bond acceptors (Lipinski definition) is 4. The molecule has 0 unspecified atom stereocenters. The molecule has 8 heteroatoms. The minimum Gasteiger partial charge on any atom is -0.298 e. The van der Waals surface area contributed by atoms with Crippen LogP contribution in [-0.2, 0) is 6.18 Å². The van der Waals surface area contributed by atoms with Gasteiger partial charge in [-0.15, -0.1) is 0 Å². The Morgan fingerprint density at radius 3 is 2.28 bits per heavy atom. The van der Waals surface area contributed by atoms with E-state index in [1.807, 2.05) is 0 Å². The number of Topliss-reactive ketones (excluding diaryl/α,β-unsaturated/α-hetero) is 1. The summed E-state index contributed by atoms with van der Waals surface area (Å²) in [6.07, 6.45) is -5.18. The minimum atomic E-state index is -4.91. The van der Waals surface area contributed by atoms with Crippen molar-refractivity contribution >= 4 is 17.8 Å². The summed E-state index contributed by atoms with van der Waals surface area (Å²) < 4.78 is 37.6. The number of benzene rings is 1. The van der Waals surface area contributed by atoms with E-state index in [4.69, 9.17) is 0 Å². The van der Waals surface area contributed by atoms with Crippen LogP contribution in [0, 0.1) is 10.1 Å². The Hall–Kier alpha value is -2.25. The molecule has 0 radical (unpaired) electrons. The van der Waals surface area contributed by atoms with Crippen molar-refractivity contribution in [2.75, 3.05) is 0 Å². The second kappa shape index (κ2) is 4.55. The van der Waals surface area contributed by atoms with Gasteiger partial charge in [0.05, 0.1) is 16.1 Å².